The van der Waals surface area contributed by atoms with E-state index in [9.17, 15) is 0 Å². The largest absolute Gasteiger partial charge is 0.340 e. The zero-order valence-corrected chi connectivity index (χ0v) is 12.0. The van der Waals surface area contributed by atoms with Crippen LogP contribution in [0.3, 0.4) is 0 Å². The monoisotopic (exact) mass is 268 g/mol. The molecule has 2 aromatic heterocycles. The van der Waals surface area contributed by atoms with Gasteiger partial charge in [0, 0.05) is 37.2 Å². The van der Waals surface area contributed by atoms with Crippen LogP contribution in [0.25, 0.3) is 10.9 Å². The van der Waals surface area contributed by atoms with E-state index in [2.05, 4.69) is 56.8 Å². The van der Waals surface area contributed by atoms with E-state index >= 15 is 0 Å². The minimum absolute atomic E-state index is 0.815. The Morgan fingerprint density at radius 3 is 2.85 bits per heavy atom. The average Bonchev–Trinajstić information content (AvgIpc) is 3.06. The van der Waals surface area contributed by atoms with Gasteiger partial charge in [-0.15, -0.1) is 0 Å². The predicted molar refractivity (Wildman–Crippen MR) is 81.7 cm³/mol. The van der Waals surface area contributed by atoms with Crippen molar-refractivity contribution in [1.82, 2.24) is 19.4 Å². The summed E-state index contributed by atoms with van der Waals surface area (Å²) in [6.07, 6.45) is 6.05. The van der Waals surface area contributed by atoms with Crippen LogP contribution >= 0.6 is 0 Å². The van der Waals surface area contributed by atoms with Crippen LogP contribution < -0.4 is 5.32 Å². The van der Waals surface area contributed by atoms with Gasteiger partial charge in [-0.3, -0.25) is 0 Å². The number of benzene rings is 1. The van der Waals surface area contributed by atoms with Gasteiger partial charge in [0.2, 0.25) is 0 Å². The fourth-order valence-corrected chi connectivity index (χ4v) is 2.63. The third-order valence-electron chi connectivity index (χ3n) is 3.67. The summed E-state index contributed by atoms with van der Waals surface area (Å²) in [5, 5.41) is 4.47. The molecule has 0 spiro atoms. The van der Waals surface area contributed by atoms with Gasteiger partial charge in [0.1, 0.15) is 5.82 Å². The van der Waals surface area contributed by atoms with Crippen LogP contribution in [0.1, 0.15) is 18.3 Å². The van der Waals surface area contributed by atoms with Crippen molar-refractivity contribution in [2.75, 3.05) is 7.05 Å². The minimum Gasteiger partial charge on any atom is -0.340 e. The second-order valence-electron chi connectivity index (χ2n) is 5.00. The number of imidazole rings is 1. The van der Waals surface area contributed by atoms with Gasteiger partial charge < -0.3 is 14.5 Å². The van der Waals surface area contributed by atoms with E-state index in [1.54, 1.807) is 0 Å². The maximum absolute atomic E-state index is 4.45. The van der Waals surface area contributed by atoms with E-state index in [0.717, 1.165) is 25.5 Å². The zero-order valence-electron chi connectivity index (χ0n) is 12.0. The summed E-state index contributed by atoms with van der Waals surface area (Å²) in [7, 11) is 1.97. The van der Waals surface area contributed by atoms with E-state index in [1.165, 1.54) is 16.5 Å². The van der Waals surface area contributed by atoms with E-state index < -0.39 is 0 Å². The van der Waals surface area contributed by atoms with Crippen LogP contribution in [0.2, 0.25) is 0 Å². The molecule has 2 heterocycles. The lowest BCUT2D eigenvalue weighted by Crippen LogP contribution is -2.07. The van der Waals surface area contributed by atoms with Crippen LogP contribution in [0, 0.1) is 0 Å². The Labute approximate surface area is 119 Å². The molecule has 0 unspecified atom stereocenters. The molecule has 1 aromatic carbocycles. The van der Waals surface area contributed by atoms with Crippen molar-refractivity contribution in [1.29, 1.82) is 0 Å². The fourth-order valence-electron chi connectivity index (χ4n) is 2.63. The Bertz CT molecular complexity index is 708. The molecule has 1 N–H and O–H groups in total. The summed E-state index contributed by atoms with van der Waals surface area (Å²) in [4.78, 5) is 4.45. The lowest BCUT2D eigenvalue weighted by molar-refractivity contribution is 0.661. The summed E-state index contributed by atoms with van der Waals surface area (Å²) >= 11 is 0. The number of aromatic nitrogens is 3. The van der Waals surface area contributed by atoms with Crippen molar-refractivity contribution in [3.8, 4) is 0 Å². The second-order valence-corrected chi connectivity index (χ2v) is 5.00. The van der Waals surface area contributed by atoms with E-state index in [4.69, 9.17) is 0 Å². The van der Waals surface area contributed by atoms with Gasteiger partial charge in [-0.05, 0) is 43.1 Å². The SMILES string of the molecule is CCn1ccnc1Cn1ccc2cc(CNC)ccc21. The number of aryl methyl sites for hydroxylation is 1. The summed E-state index contributed by atoms with van der Waals surface area (Å²) < 4.78 is 4.44. The molecule has 0 bridgehead atoms. The van der Waals surface area contributed by atoms with E-state index in [1.807, 2.05) is 19.4 Å². The molecule has 4 heteroatoms. The number of hydrogen-bond acceptors (Lipinski definition) is 2. The first-order chi connectivity index (χ1) is 9.81. The first-order valence-electron chi connectivity index (χ1n) is 7.04. The third kappa shape index (κ3) is 2.34. The Morgan fingerprint density at radius 2 is 2.05 bits per heavy atom. The molecule has 0 saturated heterocycles. The quantitative estimate of drug-likeness (QED) is 0.772. The Morgan fingerprint density at radius 1 is 1.15 bits per heavy atom. The smallest absolute Gasteiger partial charge is 0.128 e. The molecule has 0 aliphatic carbocycles. The van der Waals surface area contributed by atoms with Crippen molar-refractivity contribution in [3.63, 3.8) is 0 Å². The van der Waals surface area contributed by atoms with Gasteiger partial charge in [0.25, 0.3) is 0 Å². The van der Waals surface area contributed by atoms with E-state index in [0.29, 0.717) is 0 Å². The Kier molecular flexibility index (Phi) is 3.56. The Hall–Kier alpha value is -2.07. The van der Waals surface area contributed by atoms with Crippen molar-refractivity contribution < 1.29 is 0 Å². The lowest BCUT2D eigenvalue weighted by atomic mass is 10.1. The van der Waals surface area contributed by atoms with Gasteiger partial charge in [0.15, 0.2) is 0 Å². The summed E-state index contributed by atoms with van der Waals surface area (Å²) in [5.41, 5.74) is 2.57. The van der Waals surface area contributed by atoms with Gasteiger partial charge in [0.05, 0.1) is 6.54 Å². The van der Waals surface area contributed by atoms with Gasteiger partial charge >= 0.3 is 0 Å². The molecule has 0 saturated carbocycles. The molecule has 0 fully saturated rings. The molecule has 4 nitrogen and oxygen atoms in total. The number of nitrogens with one attached hydrogen (secondary N) is 1. The Balaban J connectivity index is 1.92. The highest BCUT2D eigenvalue weighted by atomic mass is 15.1. The second kappa shape index (κ2) is 5.51. The lowest BCUT2D eigenvalue weighted by Gasteiger charge is -2.08. The van der Waals surface area contributed by atoms with Crippen molar-refractivity contribution in [2.24, 2.45) is 0 Å². The van der Waals surface area contributed by atoms with Gasteiger partial charge in [-0.25, -0.2) is 4.98 Å². The van der Waals surface area contributed by atoms with Crippen LogP contribution in [-0.2, 0) is 19.6 Å². The number of nitrogens with zero attached hydrogens (tertiary/aromatic N) is 3. The highest BCUT2D eigenvalue weighted by molar-refractivity contribution is 5.80. The molecule has 20 heavy (non-hydrogen) atoms. The summed E-state index contributed by atoms with van der Waals surface area (Å²) in [6, 6.07) is 8.80. The minimum atomic E-state index is 0.815. The topological polar surface area (TPSA) is 34.8 Å². The van der Waals surface area contributed by atoms with E-state index in [-0.39, 0.29) is 0 Å². The van der Waals surface area contributed by atoms with Crippen LogP contribution in [0.15, 0.2) is 42.9 Å². The van der Waals surface area contributed by atoms with Crippen LogP contribution in [-0.4, -0.2) is 21.2 Å². The molecular weight excluding hydrogens is 248 g/mol. The molecule has 3 aromatic rings. The zero-order chi connectivity index (χ0) is 13.9. The molecule has 0 amide bonds. The standard InChI is InChI=1S/C16H20N4/c1-3-19-9-7-18-16(19)12-20-8-6-14-10-13(11-17-2)4-5-15(14)20/h4-10,17H,3,11-12H2,1-2H3. The van der Waals surface area contributed by atoms with Gasteiger partial charge in [-0.1, -0.05) is 6.07 Å². The number of rotatable bonds is 5. The first kappa shape index (κ1) is 12.9. The van der Waals surface area contributed by atoms with Crippen LogP contribution in [0.4, 0.5) is 0 Å². The molecule has 0 atom stereocenters. The fraction of sp³-hybridized carbons (Fsp3) is 0.312. The maximum Gasteiger partial charge on any atom is 0.128 e. The molecule has 0 aliphatic heterocycles. The predicted octanol–water partition coefficient (Wildman–Crippen LogP) is 2.63. The van der Waals surface area contributed by atoms with Crippen molar-refractivity contribution in [3.05, 3.63) is 54.2 Å². The molecule has 3 rings (SSSR count). The third-order valence-corrected chi connectivity index (χ3v) is 3.67. The maximum atomic E-state index is 4.45. The normalized spacial score (nSPS) is 11.3. The highest BCUT2D eigenvalue weighted by Crippen LogP contribution is 2.19. The first-order valence-corrected chi connectivity index (χ1v) is 7.04. The van der Waals surface area contributed by atoms with Crippen LogP contribution in [0.5, 0.6) is 0 Å². The molecule has 0 aliphatic rings. The average molecular weight is 268 g/mol. The molecular formula is C16H20N4. The number of fused-ring (bicyclic) bond motifs is 1. The van der Waals surface area contributed by atoms with Gasteiger partial charge in [-0.2, -0.15) is 0 Å². The molecule has 0 radical (unpaired) electrons. The number of hydrogen-bond donors (Lipinski definition) is 1. The molecule has 104 valence electrons. The van der Waals surface area contributed by atoms with Crippen molar-refractivity contribution >= 4 is 10.9 Å². The van der Waals surface area contributed by atoms with Crippen molar-refractivity contribution in [2.45, 2.75) is 26.6 Å². The summed E-state index contributed by atoms with van der Waals surface area (Å²) in [6.45, 7) is 4.82. The highest BCUT2D eigenvalue weighted by Gasteiger charge is 2.06. The summed E-state index contributed by atoms with van der Waals surface area (Å²) in [5.74, 6) is 1.10.